The largest absolute Gasteiger partial charge is 0.505 e. The van der Waals surface area contributed by atoms with Crippen molar-refractivity contribution in [2.75, 3.05) is 46.6 Å². The minimum Gasteiger partial charge on any atom is -0.505 e. The van der Waals surface area contributed by atoms with E-state index in [0.29, 0.717) is 66.5 Å². The molecule has 0 saturated heterocycles. The maximum Gasteiger partial charge on any atom is 0.203 e. The molecule has 0 unspecified atom stereocenters. The average Bonchev–Trinajstić information content (AvgIpc) is 3.50. The van der Waals surface area contributed by atoms with Gasteiger partial charge >= 0.3 is 0 Å². The van der Waals surface area contributed by atoms with Gasteiger partial charge in [0.25, 0.3) is 0 Å². The van der Waals surface area contributed by atoms with Crippen LogP contribution in [0.5, 0.6) is 34.5 Å². The molecule has 0 amide bonds. The van der Waals surface area contributed by atoms with E-state index < -0.39 is 0 Å². The highest BCUT2D eigenvalue weighted by Gasteiger charge is 2.23. The van der Waals surface area contributed by atoms with Crippen LogP contribution in [0.2, 0.25) is 5.02 Å². The first-order valence-electron chi connectivity index (χ1n) is 10.3. The molecule has 4 aromatic rings. The number of phenols is 1. The van der Waals surface area contributed by atoms with Gasteiger partial charge < -0.3 is 39.8 Å². The molecule has 190 valence electrons. The van der Waals surface area contributed by atoms with E-state index in [4.69, 9.17) is 41.0 Å². The lowest BCUT2D eigenvalue weighted by Gasteiger charge is -2.14. The van der Waals surface area contributed by atoms with Crippen LogP contribution >= 0.6 is 34.3 Å². The summed E-state index contributed by atoms with van der Waals surface area (Å²) >= 11 is 8.92. The number of anilines is 3. The molecular formula is C23H23ClN4O6S2. The molecule has 0 fully saturated rings. The monoisotopic (exact) mass is 550 g/mol. The van der Waals surface area contributed by atoms with Gasteiger partial charge in [0.1, 0.15) is 32.2 Å². The van der Waals surface area contributed by atoms with Crippen molar-refractivity contribution in [2.24, 2.45) is 0 Å². The quantitative estimate of drug-likeness (QED) is 0.240. The normalized spacial score (nSPS) is 10.7. The first-order chi connectivity index (χ1) is 17.3. The van der Waals surface area contributed by atoms with E-state index in [9.17, 15) is 5.11 Å². The Morgan fingerprint density at radius 1 is 0.889 bits per heavy atom. The molecule has 2 aromatic carbocycles. The maximum absolute atomic E-state index is 10.7. The second-order valence-electron chi connectivity index (χ2n) is 7.13. The summed E-state index contributed by atoms with van der Waals surface area (Å²) in [4.78, 5) is 9.76. The van der Waals surface area contributed by atoms with Gasteiger partial charge in [-0.25, -0.2) is 9.97 Å². The lowest BCUT2D eigenvalue weighted by atomic mass is 10.1. The van der Waals surface area contributed by atoms with Crippen molar-refractivity contribution in [3.05, 3.63) is 28.6 Å². The number of halogens is 1. The molecule has 0 spiro atoms. The molecule has 13 heteroatoms. The zero-order valence-electron chi connectivity index (χ0n) is 20.0. The number of benzene rings is 2. The van der Waals surface area contributed by atoms with Crippen molar-refractivity contribution in [2.45, 2.75) is 0 Å². The Morgan fingerprint density at radius 2 is 1.53 bits per heavy atom. The highest BCUT2D eigenvalue weighted by molar-refractivity contribution is 7.23. The Labute approximate surface area is 220 Å². The number of nitrogen functional groups attached to an aromatic ring is 1. The van der Waals surface area contributed by atoms with Gasteiger partial charge in [0.2, 0.25) is 5.75 Å². The minimum atomic E-state index is -0.188. The van der Waals surface area contributed by atoms with E-state index in [1.165, 1.54) is 36.9 Å². The van der Waals surface area contributed by atoms with Crippen LogP contribution < -0.4 is 34.7 Å². The van der Waals surface area contributed by atoms with Crippen LogP contribution in [0.25, 0.3) is 21.1 Å². The predicted octanol–water partition coefficient (Wildman–Crippen LogP) is 5.66. The summed E-state index contributed by atoms with van der Waals surface area (Å²) in [5.74, 6) is 2.26. The first-order valence-corrected chi connectivity index (χ1v) is 12.4. The fourth-order valence-electron chi connectivity index (χ4n) is 3.46. The molecule has 2 heterocycles. The number of nitrogens with two attached hydrogens (primary N) is 1. The van der Waals surface area contributed by atoms with E-state index in [1.54, 1.807) is 44.9 Å². The number of aromatic nitrogens is 2. The standard InChI is InChI=1S/C23H23ClN4O6S2/c1-30-12-8-13(31-2)17(24)18(29)16(12)11-9-35-22(27-11)20-21(25)28-23(36-20)26-10-6-14(32-3)19(34-5)15(7-10)33-4/h6-9,29H,25H2,1-5H3,(H,26,28). The van der Waals surface area contributed by atoms with E-state index >= 15 is 0 Å². The van der Waals surface area contributed by atoms with Crippen LogP contribution in [0.1, 0.15) is 0 Å². The van der Waals surface area contributed by atoms with Gasteiger partial charge in [-0.05, 0) is 0 Å². The first kappa shape index (κ1) is 25.5. The number of rotatable bonds is 9. The highest BCUT2D eigenvalue weighted by atomic mass is 35.5. The zero-order valence-corrected chi connectivity index (χ0v) is 22.4. The number of nitrogens with one attached hydrogen (secondary N) is 1. The molecule has 10 nitrogen and oxygen atoms in total. The van der Waals surface area contributed by atoms with Crippen molar-refractivity contribution in [3.8, 4) is 55.6 Å². The van der Waals surface area contributed by atoms with Crippen LogP contribution in [0.3, 0.4) is 0 Å². The number of phenolic OH excluding ortho intramolecular Hbond substituents is 1. The molecule has 0 atom stereocenters. The molecule has 0 radical (unpaired) electrons. The molecule has 0 saturated carbocycles. The van der Waals surface area contributed by atoms with Gasteiger partial charge in [-0.2, -0.15) is 0 Å². The number of hydrogen-bond acceptors (Lipinski definition) is 12. The third-order valence-corrected chi connectivity index (χ3v) is 7.48. The predicted molar refractivity (Wildman–Crippen MR) is 142 cm³/mol. The molecule has 0 aliphatic rings. The van der Waals surface area contributed by atoms with Gasteiger partial charge in [-0.15, -0.1) is 11.3 Å². The van der Waals surface area contributed by atoms with Crippen LogP contribution in [0, 0.1) is 0 Å². The zero-order chi connectivity index (χ0) is 26.0. The number of aromatic hydroxyl groups is 1. The third-order valence-electron chi connectivity index (χ3n) is 5.13. The molecule has 0 aliphatic carbocycles. The van der Waals surface area contributed by atoms with Gasteiger partial charge in [-0.3, -0.25) is 0 Å². The average molecular weight is 551 g/mol. The Bertz CT molecular complexity index is 1380. The lowest BCUT2D eigenvalue weighted by Crippen LogP contribution is -1.97. The van der Waals surface area contributed by atoms with Crippen molar-refractivity contribution >= 4 is 50.9 Å². The number of thiazole rings is 2. The summed E-state index contributed by atoms with van der Waals surface area (Å²) in [6, 6.07) is 5.13. The fourth-order valence-corrected chi connectivity index (χ4v) is 5.50. The number of methoxy groups -OCH3 is 5. The molecule has 4 rings (SSSR count). The van der Waals surface area contributed by atoms with Gasteiger partial charge in [-0.1, -0.05) is 22.9 Å². The Hall–Kier alpha value is -3.61. The Morgan fingerprint density at radius 3 is 2.11 bits per heavy atom. The summed E-state index contributed by atoms with van der Waals surface area (Å²) in [7, 11) is 7.57. The van der Waals surface area contributed by atoms with Gasteiger partial charge in [0.05, 0.1) is 46.8 Å². The molecular weight excluding hydrogens is 528 g/mol. The third kappa shape index (κ3) is 4.62. The molecule has 4 N–H and O–H groups in total. The van der Waals surface area contributed by atoms with E-state index in [-0.39, 0.29) is 10.8 Å². The summed E-state index contributed by atoms with van der Waals surface area (Å²) in [5, 5.41) is 16.9. The van der Waals surface area contributed by atoms with Crippen molar-refractivity contribution < 1.29 is 28.8 Å². The van der Waals surface area contributed by atoms with Crippen molar-refractivity contribution in [1.82, 2.24) is 9.97 Å². The molecule has 36 heavy (non-hydrogen) atoms. The summed E-state index contributed by atoms with van der Waals surface area (Å²) in [5.41, 5.74) is 7.72. The van der Waals surface area contributed by atoms with E-state index in [1.807, 2.05) is 0 Å². The van der Waals surface area contributed by atoms with Gasteiger partial charge in [0, 0.05) is 29.3 Å². The van der Waals surface area contributed by atoms with Crippen molar-refractivity contribution in [1.29, 1.82) is 0 Å². The molecule has 0 bridgehead atoms. The molecule has 0 aliphatic heterocycles. The number of nitrogens with zero attached hydrogens (tertiary/aromatic N) is 2. The topological polar surface area (TPSA) is 130 Å². The van der Waals surface area contributed by atoms with E-state index in [2.05, 4.69) is 15.3 Å². The summed E-state index contributed by atoms with van der Waals surface area (Å²) in [6.45, 7) is 0. The second kappa shape index (κ2) is 10.6. The fraction of sp³-hybridized carbons (Fsp3) is 0.217. The SMILES string of the molecule is COc1cc(OC)c(-c2csc(-c3sc(Nc4cc(OC)c(OC)c(OC)c4)nc3N)n2)c(O)c1Cl. The maximum atomic E-state index is 10.7. The summed E-state index contributed by atoms with van der Waals surface area (Å²) in [6.07, 6.45) is 0. The summed E-state index contributed by atoms with van der Waals surface area (Å²) < 4.78 is 26.8. The van der Waals surface area contributed by atoms with Crippen LogP contribution in [0.15, 0.2) is 23.6 Å². The Balaban J connectivity index is 1.67. The highest BCUT2D eigenvalue weighted by Crippen LogP contribution is 2.49. The molecule has 2 aromatic heterocycles. The van der Waals surface area contributed by atoms with E-state index in [0.717, 1.165) is 0 Å². The second-order valence-corrected chi connectivity index (χ2v) is 9.36. The van der Waals surface area contributed by atoms with Crippen LogP contribution in [-0.4, -0.2) is 50.6 Å². The van der Waals surface area contributed by atoms with Crippen LogP contribution in [0.4, 0.5) is 16.6 Å². The smallest absolute Gasteiger partial charge is 0.203 e. The number of hydrogen-bond donors (Lipinski definition) is 3. The Kier molecular flexibility index (Phi) is 7.48. The van der Waals surface area contributed by atoms with Crippen molar-refractivity contribution in [3.63, 3.8) is 0 Å². The minimum absolute atomic E-state index is 0.0667. The van der Waals surface area contributed by atoms with Crippen LogP contribution in [-0.2, 0) is 0 Å². The number of ether oxygens (including phenoxy) is 5. The van der Waals surface area contributed by atoms with Gasteiger partial charge in [0.15, 0.2) is 22.4 Å². The lowest BCUT2D eigenvalue weighted by molar-refractivity contribution is 0.324.